The van der Waals surface area contributed by atoms with E-state index in [0.717, 1.165) is 0 Å². The number of carbonyl (C=O) groups is 1. The van der Waals surface area contributed by atoms with Crippen LogP contribution in [0.4, 0.5) is 18.9 Å². The lowest BCUT2D eigenvalue weighted by Gasteiger charge is -2.36. The summed E-state index contributed by atoms with van der Waals surface area (Å²) in [6.07, 6.45) is -5.28. The minimum absolute atomic E-state index is 0.0643. The molecule has 3 rings (SSSR count). The first-order valence-electron chi connectivity index (χ1n) is 11.1. The number of hydrogen-bond donors (Lipinski definition) is 1. The summed E-state index contributed by atoms with van der Waals surface area (Å²) in [5, 5.41) is 11.6. The number of ether oxygens (including phenoxy) is 2. The van der Waals surface area contributed by atoms with E-state index < -0.39 is 29.6 Å². The van der Waals surface area contributed by atoms with Gasteiger partial charge in [0.15, 0.2) is 5.60 Å². The third-order valence-corrected chi connectivity index (χ3v) is 5.94. The fourth-order valence-electron chi connectivity index (χ4n) is 3.94. The van der Waals surface area contributed by atoms with Crippen LogP contribution in [0, 0.1) is 0 Å². The second-order valence-electron chi connectivity index (χ2n) is 8.85. The predicted molar refractivity (Wildman–Crippen MR) is 133 cm³/mol. The van der Waals surface area contributed by atoms with Gasteiger partial charge in [0.2, 0.25) is 0 Å². The number of aliphatic hydroxyl groups is 1. The lowest BCUT2D eigenvalue weighted by atomic mass is 9.75. The Morgan fingerprint density at radius 1 is 1.17 bits per heavy atom. The van der Waals surface area contributed by atoms with Crippen LogP contribution < -0.4 is 4.74 Å². The number of carbonyl (C=O) groups excluding carboxylic acids is 1. The highest BCUT2D eigenvalue weighted by Crippen LogP contribution is 2.44. The van der Waals surface area contributed by atoms with Gasteiger partial charge in [-0.15, -0.1) is 0 Å². The number of aliphatic imine (C=N–C) groups is 1. The minimum Gasteiger partial charge on any atom is -0.496 e. The molecule has 0 saturated heterocycles. The fraction of sp³-hybridized carbons (Fsp3) is 0.346. The molecular formula is C26H26ClF3N2O4. The van der Waals surface area contributed by atoms with Crippen LogP contribution in [0.5, 0.6) is 5.75 Å². The number of methoxy groups -OCH3 is 1. The maximum atomic E-state index is 14.2. The van der Waals surface area contributed by atoms with Crippen molar-refractivity contribution in [2.24, 2.45) is 4.99 Å². The summed E-state index contributed by atoms with van der Waals surface area (Å²) in [5.41, 5.74) is -3.51. The van der Waals surface area contributed by atoms with Crippen molar-refractivity contribution >= 4 is 40.4 Å². The van der Waals surface area contributed by atoms with Crippen molar-refractivity contribution in [2.75, 3.05) is 13.7 Å². The van der Waals surface area contributed by atoms with Gasteiger partial charge in [-0.1, -0.05) is 31.5 Å². The van der Waals surface area contributed by atoms with Gasteiger partial charge in [0, 0.05) is 22.2 Å². The molecule has 1 unspecified atom stereocenters. The Morgan fingerprint density at radius 3 is 2.53 bits per heavy atom. The molecule has 0 saturated carbocycles. The van der Waals surface area contributed by atoms with E-state index in [9.17, 15) is 23.1 Å². The maximum Gasteiger partial charge on any atom is 0.422 e. The Morgan fingerprint density at radius 2 is 1.89 bits per heavy atom. The summed E-state index contributed by atoms with van der Waals surface area (Å²) >= 11 is 6.08. The lowest BCUT2D eigenvalue weighted by molar-refractivity contribution is -0.234. The van der Waals surface area contributed by atoms with Crippen LogP contribution >= 0.6 is 11.6 Å². The van der Waals surface area contributed by atoms with Crippen molar-refractivity contribution < 1.29 is 32.5 Å². The molecule has 10 heteroatoms. The number of alkyl halides is 3. The van der Waals surface area contributed by atoms with Crippen LogP contribution in [-0.2, 0) is 10.2 Å². The zero-order valence-corrected chi connectivity index (χ0v) is 20.9. The largest absolute Gasteiger partial charge is 0.496 e. The summed E-state index contributed by atoms with van der Waals surface area (Å²) in [6, 6.07) is 12.2. The monoisotopic (exact) mass is 522 g/mol. The SMILES string of the molecule is CCOC(=O)c1ccc2c(N=CC(O)(CC(C)(C)c3cc(Cl)ccc3OC)C(F)(F)F)cccc2n1. The van der Waals surface area contributed by atoms with E-state index in [4.69, 9.17) is 21.1 Å². The highest BCUT2D eigenvalue weighted by atomic mass is 35.5. The lowest BCUT2D eigenvalue weighted by Crippen LogP contribution is -2.50. The molecular weight excluding hydrogens is 497 g/mol. The first kappa shape index (κ1) is 27.4. The van der Waals surface area contributed by atoms with Gasteiger partial charge in [-0.3, -0.25) is 4.99 Å². The molecule has 3 aromatic rings. The molecule has 0 aliphatic carbocycles. The number of aromatic nitrogens is 1. The summed E-state index contributed by atoms with van der Waals surface area (Å²) in [4.78, 5) is 20.2. The number of esters is 1. The first-order valence-corrected chi connectivity index (χ1v) is 11.4. The molecule has 0 spiro atoms. The van der Waals surface area contributed by atoms with E-state index in [-0.39, 0.29) is 18.0 Å². The number of benzene rings is 2. The highest BCUT2D eigenvalue weighted by molar-refractivity contribution is 6.30. The van der Waals surface area contributed by atoms with E-state index in [1.807, 2.05) is 0 Å². The normalized spacial score (nSPS) is 14.1. The van der Waals surface area contributed by atoms with Gasteiger partial charge in [0.1, 0.15) is 11.4 Å². The fourth-order valence-corrected chi connectivity index (χ4v) is 4.12. The molecule has 1 N–H and O–H groups in total. The molecule has 1 heterocycles. The average molecular weight is 523 g/mol. The van der Waals surface area contributed by atoms with Crippen molar-refractivity contribution in [3.63, 3.8) is 0 Å². The number of rotatable bonds is 8. The summed E-state index contributed by atoms with van der Waals surface area (Å²) < 4.78 is 52.8. The number of pyridine rings is 1. The Balaban J connectivity index is 2.01. The maximum absolute atomic E-state index is 14.2. The van der Waals surface area contributed by atoms with Gasteiger partial charge in [-0.05, 0) is 61.2 Å². The third-order valence-electron chi connectivity index (χ3n) is 5.70. The van der Waals surface area contributed by atoms with Gasteiger partial charge in [-0.25, -0.2) is 9.78 Å². The molecule has 0 aliphatic heterocycles. The number of hydrogen-bond acceptors (Lipinski definition) is 6. The molecule has 192 valence electrons. The van der Waals surface area contributed by atoms with E-state index in [1.54, 1.807) is 45.0 Å². The smallest absolute Gasteiger partial charge is 0.422 e. The number of halogens is 4. The highest BCUT2D eigenvalue weighted by Gasteiger charge is 2.55. The summed E-state index contributed by atoms with van der Waals surface area (Å²) in [6.45, 7) is 4.96. The Labute approximate surface area is 211 Å². The molecule has 6 nitrogen and oxygen atoms in total. The molecule has 2 aromatic carbocycles. The summed E-state index contributed by atoms with van der Waals surface area (Å²) in [5.74, 6) is -0.262. The second kappa shape index (κ2) is 10.4. The Bertz CT molecular complexity index is 1290. The van der Waals surface area contributed by atoms with Gasteiger partial charge < -0.3 is 14.6 Å². The summed E-state index contributed by atoms with van der Waals surface area (Å²) in [7, 11) is 1.40. The van der Waals surface area contributed by atoms with Crippen LogP contribution in [-0.4, -0.2) is 47.8 Å². The van der Waals surface area contributed by atoms with Crippen molar-refractivity contribution in [1.29, 1.82) is 0 Å². The topological polar surface area (TPSA) is 81.0 Å². The molecule has 0 fully saturated rings. The predicted octanol–water partition coefficient (Wildman–Crippen LogP) is 6.44. The first-order chi connectivity index (χ1) is 16.8. The van der Waals surface area contributed by atoms with E-state index >= 15 is 0 Å². The van der Waals surface area contributed by atoms with Gasteiger partial charge in [0.05, 0.1) is 24.9 Å². The van der Waals surface area contributed by atoms with Crippen LogP contribution in [0.3, 0.4) is 0 Å². The molecule has 0 bridgehead atoms. The molecule has 1 aromatic heterocycles. The van der Waals surface area contributed by atoms with E-state index in [1.165, 1.54) is 31.4 Å². The quantitative estimate of drug-likeness (QED) is 0.272. The van der Waals surface area contributed by atoms with Crippen molar-refractivity contribution in [3.8, 4) is 5.75 Å². The van der Waals surface area contributed by atoms with Gasteiger partial charge >= 0.3 is 12.1 Å². The Kier molecular flexibility index (Phi) is 7.95. The molecule has 0 radical (unpaired) electrons. The number of fused-ring (bicyclic) bond motifs is 1. The van der Waals surface area contributed by atoms with Crippen molar-refractivity contribution in [3.05, 3.63) is 64.8 Å². The van der Waals surface area contributed by atoms with Gasteiger partial charge in [-0.2, -0.15) is 13.2 Å². The van der Waals surface area contributed by atoms with Crippen LogP contribution in [0.15, 0.2) is 53.5 Å². The molecule has 0 aliphatic rings. The standard InChI is InChI=1S/C26H26ClF3N2O4/c1-5-36-23(33)21-11-10-17-19(7-6-8-20(17)32-21)31-15-25(34,26(28,29)30)14-24(2,3)18-13-16(27)9-12-22(18)35-4/h6-13,15,34H,5,14H2,1-4H3. The van der Waals surface area contributed by atoms with Crippen LogP contribution in [0.1, 0.15) is 43.2 Å². The molecule has 1 atom stereocenters. The zero-order valence-electron chi connectivity index (χ0n) is 20.2. The van der Waals surface area contributed by atoms with E-state index in [0.29, 0.717) is 33.5 Å². The number of nitrogens with zero attached hydrogens (tertiary/aromatic N) is 2. The third kappa shape index (κ3) is 5.79. The molecule has 36 heavy (non-hydrogen) atoms. The van der Waals surface area contributed by atoms with Gasteiger partial charge in [0.25, 0.3) is 0 Å². The second-order valence-corrected chi connectivity index (χ2v) is 9.28. The van der Waals surface area contributed by atoms with Crippen molar-refractivity contribution in [2.45, 2.75) is 44.4 Å². The van der Waals surface area contributed by atoms with Crippen molar-refractivity contribution in [1.82, 2.24) is 4.98 Å². The average Bonchev–Trinajstić information content (AvgIpc) is 2.81. The van der Waals surface area contributed by atoms with Crippen LogP contribution in [0.2, 0.25) is 5.02 Å². The Hall–Kier alpha value is -3.17. The molecule has 0 amide bonds. The minimum atomic E-state index is -5.03. The zero-order chi connectivity index (χ0) is 26.7. The van der Waals surface area contributed by atoms with E-state index in [2.05, 4.69) is 9.98 Å². The van der Waals surface area contributed by atoms with Crippen LogP contribution in [0.25, 0.3) is 10.9 Å².